The van der Waals surface area contributed by atoms with Crippen LogP contribution in [0.5, 0.6) is 0 Å². The lowest BCUT2D eigenvalue weighted by Crippen LogP contribution is -2.08. The summed E-state index contributed by atoms with van der Waals surface area (Å²) in [6.07, 6.45) is 0. The summed E-state index contributed by atoms with van der Waals surface area (Å²) in [4.78, 5) is 15.1. The van der Waals surface area contributed by atoms with Crippen molar-refractivity contribution in [2.75, 3.05) is 6.61 Å². The van der Waals surface area contributed by atoms with Crippen molar-refractivity contribution in [1.82, 2.24) is 4.98 Å². The molecule has 0 atom stereocenters. The molecule has 0 aliphatic carbocycles. The lowest BCUT2D eigenvalue weighted by atomic mass is 10.1. The first-order valence-corrected chi connectivity index (χ1v) is 4.94. The minimum absolute atomic E-state index is 0.124. The van der Waals surface area contributed by atoms with E-state index in [2.05, 4.69) is 4.98 Å². The number of para-hydroxylation sites is 1. The van der Waals surface area contributed by atoms with E-state index in [1.165, 1.54) is 6.07 Å². The second-order valence-electron chi connectivity index (χ2n) is 3.24. The molecular formula is C12H10FNO2. The first-order chi connectivity index (χ1) is 7.72. The van der Waals surface area contributed by atoms with Crippen LogP contribution in [0.2, 0.25) is 0 Å². The topological polar surface area (TPSA) is 39.2 Å². The first-order valence-electron chi connectivity index (χ1n) is 4.94. The van der Waals surface area contributed by atoms with E-state index in [1.807, 2.05) is 0 Å². The van der Waals surface area contributed by atoms with Gasteiger partial charge in [-0.3, -0.25) is 0 Å². The Morgan fingerprint density at radius 3 is 2.94 bits per heavy atom. The van der Waals surface area contributed by atoms with Crippen LogP contribution in [0.15, 0.2) is 30.3 Å². The Bertz CT molecular complexity index is 540. The molecule has 2 rings (SSSR count). The molecule has 1 heterocycles. The lowest BCUT2D eigenvalue weighted by molar-refractivity contribution is 0.0520. The molecule has 0 fully saturated rings. The van der Waals surface area contributed by atoms with Gasteiger partial charge in [-0.05, 0) is 19.1 Å². The van der Waals surface area contributed by atoms with Gasteiger partial charge in [0, 0.05) is 5.39 Å². The standard InChI is InChI=1S/C12H10FNO2/c1-2-16-12(15)9-7-8-5-3-4-6-10(8)14-11(9)13/h3-7H,2H2,1H3. The van der Waals surface area contributed by atoms with E-state index in [4.69, 9.17) is 4.74 Å². The summed E-state index contributed by atoms with van der Waals surface area (Å²) in [6, 6.07) is 8.48. The number of hydrogen-bond donors (Lipinski definition) is 0. The minimum atomic E-state index is -0.794. The maximum Gasteiger partial charge on any atom is 0.342 e. The van der Waals surface area contributed by atoms with Crippen LogP contribution in [-0.2, 0) is 4.74 Å². The molecule has 1 aromatic carbocycles. The highest BCUT2D eigenvalue weighted by molar-refractivity contribution is 5.93. The number of rotatable bonds is 2. The van der Waals surface area contributed by atoms with Crippen molar-refractivity contribution in [3.8, 4) is 0 Å². The highest BCUT2D eigenvalue weighted by atomic mass is 19.1. The van der Waals surface area contributed by atoms with Crippen LogP contribution in [0.4, 0.5) is 4.39 Å². The van der Waals surface area contributed by atoms with E-state index in [0.717, 1.165) is 0 Å². The van der Waals surface area contributed by atoms with E-state index in [0.29, 0.717) is 10.9 Å². The summed E-state index contributed by atoms with van der Waals surface area (Å²) in [7, 11) is 0. The summed E-state index contributed by atoms with van der Waals surface area (Å²) in [5.74, 6) is -1.48. The summed E-state index contributed by atoms with van der Waals surface area (Å²) in [6.45, 7) is 1.88. The molecule has 0 amide bonds. The summed E-state index contributed by atoms with van der Waals surface area (Å²) < 4.78 is 18.2. The van der Waals surface area contributed by atoms with E-state index >= 15 is 0 Å². The second kappa shape index (κ2) is 4.26. The highest BCUT2D eigenvalue weighted by Gasteiger charge is 2.14. The maximum absolute atomic E-state index is 13.5. The molecule has 0 radical (unpaired) electrons. The number of carbonyl (C=O) groups is 1. The third-order valence-corrected chi connectivity index (χ3v) is 2.17. The van der Waals surface area contributed by atoms with Gasteiger partial charge in [0.2, 0.25) is 5.95 Å². The smallest absolute Gasteiger partial charge is 0.342 e. The van der Waals surface area contributed by atoms with E-state index in [9.17, 15) is 9.18 Å². The third-order valence-electron chi connectivity index (χ3n) is 2.17. The third kappa shape index (κ3) is 1.86. The molecule has 0 spiro atoms. The number of nitrogens with zero attached hydrogens (tertiary/aromatic N) is 1. The van der Waals surface area contributed by atoms with Crippen molar-refractivity contribution < 1.29 is 13.9 Å². The lowest BCUT2D eigenvalue weighted by Gasteiger charge is -2.04. The van der Waals surface area contributed by atoms with Crippen LogP contribution in [-0.4, -0.2) is 17.6 Å². The van der Waals surface area contributed by atoms with Crippen molar-refractivity contribution in [3.05, 3.63) is 41.8 Å². The van der Waals surface area contributed by atoms with Crippen LogP contribution < -0.4 is 0 Å². The van der Waals surface area contributed by atoms with Crippen molar-refractivity contribution in [3.63, 3.8) is 0 Å². The normalized spacial score (nSPS) is 10.4. The monoisotopic (exact) mass is 219 g/mol. The largest absolute Gasteiger partial charge is 0.462 e. The van der Waals surface area contributed by atoms with E-state index < -0.39 is 11.9 Å². The van der Waals surface area contributed by atoms with Gasteiger partial charge < -0.3 is 4.74 Å². The number of benzene rings is 1. The molecule has 16 heavy (non-hydrogen) atoms. The average Bonchev–Trinajstić information content (AvgIpc) is 2.28. The Labute approximate surface area is 91.9 Å². The van der Waals surface area contributed by atoms with Gasteiger partial charge in [0.05, 0.1) is 12.1 Å². The zero-order chi connectivity index (χ0) is 11.5. The van der Waals surface area contributed by atoms with Crippen molar-refractivity contribution in [1.29, 1.82) is 0 Å². The van der Waals surface area contributed by atoms with Gasteiger partial charge in [-0.25, -0.2) is 9.78 Å². The molecule has 0 saturated carbocycles. The van der Waals surface area contributed by atoms with E-state index in [-0.39, 0.29) is 12.2 Å². The Hall–Kier alpha value is -1.97. The van der Waals surface area contributed by atoms with Crippen LogP contribution in [0.3, 0.4) is 0 Å². The molecule has 0 aliphatic rings. The fourth-order valence-corrected chi connectivity index (χ4v) is 1.44. The van der Waals surface area contributed by atoms with Crippen molar-refractivity contribution in [2.45, 2.75) is 6.92 Å². The molecule has 2 aromatic rings. The molecule has 3 nitrogen and oxygen atoms in total. The van der Waals surface area contributed by atoms with Crippen LogP contribution in [0.25, 0.3) is 10.9 Å². The van der Waals surface area contributed by atoms with E-state index in [1.54, 1.807) is 31.2 Å². The van der Waals surface area contributed by atoms with Gasteiger partial charge in [0.25, 0.3) is 0 Å². The van der Waals surface area contributed by atoms with Crippen molar-refractivity contribution >= 4 is 16.9 Å². The molecule has 0 unspecified atom stereocenters. The van der Waals surface area contributed by atoms with Crippen LogP contribution in [0, 0.1) is 5.95 Å². The van der Waals surface area contributed by atoms with Gasteiger partial charge in [-0.15, -0.1) is 0 Å². The number of hydrogen-bond acceptors (Lipinski definition) is 3. The fourth-order valence-electron chi connectivity index (χ4n) is 1.44. The molecule has 0 saturated heterocycles. The highest BCUT2D eigenvalue weighted by Crippen LogP contribution is 2.16. The molecule has 4 heteroatoms. The Kier molecular flexibility index (Phi) is 2.81. The molecule has 0 aliphatic heterocycles. The summed E-state index contributed by atoms with van der Waals surface area (Å²) in [5.41, 5.74) is 0.397. The number of carbonyl (C=O) groups excluding carboxylic acids is 1. The zero-order valence-electron chi connectivity index (χ0n) is 8.74. The van der Waals surface area contributed by atoms with Crippen molar-refractivity contribution in [2.24, 2.45) is 0 Å². The van der Waals surface area contributed by atoms with Gasteiger partial charge in [-0.2, -0.15) is 4.39 Å². The predicted octanol–water partition coefficient (Wildman–Crippen LogP) is 2.55. The molecule has 0 bridgehead atoms. The quantitative estimate of drug-likeness (QED) is 0.575. The maximum atomic E-state index is 13.5. The molecule has 82 valence electrons. The van der Waals surface area contributed by atoms with Gasteiger partial charge in [0.1, 0.15) is 5.56 Å². The summed E-state index contributed by atoms with van der Waals surface area (Å²) >= 11 is 0. The number of fused-ring (bicyclic) bond motifs is 1. The number of ether oxygens (including phenoxy) is 1. The van der Waals surface area contributed by atoms with Gasteiger partial charge in [0.15, 0.2) is 0 Å². The Balaban J connectivity index is 2.54. The SMILES string of the molecule is CCOC(=O)c1cc2ccccc2nc1F. The molecule has 0 N–H and O–H groups in total. The number of aromatic nitrogens is 1. The number of pyridine rings is 1. The Morgan fingerprint density at radius 1 is 1.44 bits per heavy atom. The fraction of sp³-hybridized carbons (Fsp3) is 0.167. The average molecular weight is 219 g/mol. The van der Waals surface area contributed by atoms with Gasteiger partial charge >= 0.3 is 5.97 Å². The second-order valence-corrected chi connectivity index (χ2v) is 3.24. The summed E-state index contributed by atoms with van der Waals surface area (Å²) in [5, 5.41) is 0.715. The zero-order valence-corrected chi connectivity index (χ0v) is 8.74. The molecular weight excluding hydrogens is 209 g/mol. The number of esters is 1. The van der Waals surface area contributed by atoms with Crippen LogP contribution in [0.1, 0.15) is 17.3 Å². The Morgan fingerprint density at radius 2 is 2.19 bits per heavy atom. The first kappa shape index (κ1) is 10.5. The predicted molar refractivity (Wildman–Crippen MR) is 57.7 cm³/mol. The number of halogens is 1. The van der Waals surface area contributed by atoms with Crippen LogP contribution >= 0.6 is 0 Å². The van der Waals surface area contributed by atoms with Gasteiger partial charge in [-0.1, -0.05) is 18.2 Å². The molecule has 1 aromatic heterocycles. The minimum Gasteiger partial charge on any atom is -0.462 e.